The Morgan fingerprint density at radius 3 is 2.80 bits per heavy atom. The van der Waals surface area contributed by atoms with Gasteiger partial charge in [0.2, 0.25) is 0 Å². The quantitative estimate of drug-likeness (QED) is 0.911. The minimum absolute atomic E-state index is 0.0136. The summed E-state index contributed by atoms with van der Waals surface area (Å²) in [6, 6.07) is 2.54. The van der Waals surface area contributed by atoms with Crippen molar-refractivity contribution >= 4 is 6.03 Å². The van der Waals surface area contributed by atoms with Gasteiger partial charge in [-0.15, -0.1) is 0 Å². The number of rotatable bonds is 4. The Labute approximate surface area is 150 Å². The van der Waals surface area contributed by atoms with E-state index in [1.54, 1.807) is 19.5 Å². The first-order valence-electron chi connectivity index (χ1n) is 9.46. The van der Waals surface area contributed by atoms with E-state index in [0.29, 0.717) is 5.75 Å². The number of hydrogen-bond acceptors (Lipinski definition) is 4. The van der Waals surface area contributed by atoms with Gasteiger partial charge in [-0.05, 0) is 32.3 Å². The number of nitrogens with one attached hydrogen (secondary N) is 1. The second-order valence-electron chi connectivity index (χ2n) is 7.10. The lowest BCUT2D eigenvalue weighted by Crippen LogP contribution is -2.43. The summed E-state index contributed by atoms with van der Waals surface area (Å²) >= 11 is 0. The Morgan fingerprint density at radius 2 is 2.04 bits per heavy atom. The Bertz CT molecular complexity index is 574. The monoisotopic (exact) mass is 346 g/mol. The number of hydrogen-bond donors (Lipinski definition) is 1. The van der Waals surface area contributed by atoms with Crippen LogP contribution in [0.25, 0.3) is 0 Å². The summed E-state index contributed by atoms with van der Waals surface area (Å²) in [5, 5.41) is 3.11. The molecule has 2 heterocycles. The zero-order valence-corrected chi connectivity index (χ0v) is 15.4. The number of pyridine rings is 1. The van der Waals surface area contributed by atoms with Gasteiger partial charge in [-0.25, -0.2) is 4.79 Å². The van der Waals surface area contributed by atoms with Crippen LogP contribution in [-0.2, 0) is 0 Å². The topological polar surface area (TPSA) is 57.7 Å². The van der Waals surface area contributed by atoms with Gasteiger partial charge in [0.1, 0.15) is 5.75 Å². The molecule has 3 rings (SSSR count). The predicted octanol–water partition coefficient (Wildman–Crippen LogP) is 2.81. The van der Waals surface area contributed by atoms with Crippen LogP contribution in [0.5, 0.6) is 5.75 Å². The molecule has 2 amide bonds. The molecule has 1 saturated heterocycles. The minimum atomic E-state index is -0.111. The fourth-order valence-electron chi connectivity index (χ4n) is 4.05. The molecular weight excluding hydrogens is 316 g/mol. The van der Waals surface area contributed by atoms with Crippen molar-refractivity contribution in [3.8, 4) is 5.75 Å². The number of nitrogens with zero attached hydrogens (tertiary/aromatic N) is 3. The number of amides is 2. The summed E-state index contributed by atoms with van der Waals surface area (Å²) in [4.78, 5) is 21.3. The highest BCUT2D eigenvalue weighted by Crippen LogP contribution is 2.25. The van der Waals surface area contributed by atoms with Crippen LogP contribution in [0.15, 0.2) is 18.5 Å². The molecule has 138 valence electrons. The molecule has 1 aliphatic heterocycles. The third kappa shape index (κ3) is 4.42. The average molecular weight is 346 g/mol. The molecular formula is C19H30N4O2. The zero-order valence-electron chi connectivity index (χ0n) is 15.4. The molecule has 0 spiro atoms. The van der Waals surface area contributed by atoms with Crippen molar-refractivity contribution in [2.75, 3.05) is 33.3 Å². The molecule has 25 heavy (non-hydrogen) atoms. The van der Waals surface area contributed by atoms with E-state index in [-0.39, 0.29) is 12.1 Å². The number of carbonyl (C=O) groups is 1. The van der Waals surface area contributed by atoms with Crippen molar-refractivity contribution in [1.29, 1.82) is 0 Å². The van der Waals surface area contributed by atoms with Crippen molar-refractivity contribution in [1.82, 2.24) is 20.1 Å². The number of methoxy groups -OCH3 is 1. The molecule has 1 aromatic rings. The summed E-state index contributed by atoms with van der Waals surface area (Å²) in [5.74, 6) is 0.707. The van der Waals surface area contributed by atoms with E-state index >= 15 is 0 Å². The molecule has 1 saturated carbocycles. The number of urea groups is 1. The van der Waals surface area contributed by atoms with Crippen LogP contribution in [0.4, 0.5) is 4.79 Å². The fourth-order valence-corrected chi connectivity index (χ4v) is 4.05. The molecule has 0 bridgehead atoms. The standard InChI is InChI=1S/C19H30N4O2/c1-15(17-8-9-20-14-18(17)25-2)21-19(24)23-11-5-10-22(12-13-23)16-6-3-4-7-16/h8-9,14-16H,3-7,10-13H2,1-2H3,(H,21,24). The van der Waals surface area contributed by atoms with E-state index in [1.165, 1.54) is 25.7 Å². The molecule has 6 nitrogen and oxygen atoms in total. The lowest BCUT2D eigenvalue weighted by molar-refractivity contribution is 0.185. The smallest absolute Gasteiger partial charge is 0.317 e. The lowest BCUT2D eigenvalue weighted by atomic mass is 10.1. The van der Waals surface area contributed by atoms with Gasteiger partial charge in [-0.2, -0.15) is 0 Å². The van der Waals surface area contributed by atoms with Gasteiger partial charge >= 0.3 is 6.03 Å². The maximum absolute atomic E-state index is 12.7. The molecule has 2 fully saturated rings. The Balaban J connectivity index is 1.55. The van der Waals surface area contributed by atoms with Crippen molar-refractivity contribution in [2.24, 2.45) is 0 Å². The van der Waals surface area contributed by atoms with Gasteiger partial charge in [0, 0.05) is 44.0 Å². The molecule has 6 heteroatoms. The maximum Gasteiger partial charge on any atom is 0.317 e. The van der Waals surface area contributed by atoms with E-state index in [2.05, 4.69) is 15.2 Å². The van der Waals surface area contributed by atoms with Crippen LogP contribution in [0.1, 0.15) is 50.6 Å². The van der Waals surface area contributed by atoms with Gasteiger partial charge in [0.05, 0.1) is 19.3 Å². The Morgan fingerprint density at radius 1 is 1.24 bits per heavy atom. The molecule has 1 aliphatic carbocycles. The highest BCUT2D eigenvalue weighted by atomic mass is 16.5. The Hall–Kier alpha value is -1.82. The predicted molar refractivity (Wildman–Crippen MR) is 97.8 cm³/mol. The van der Waals surface area contributed by atoms with Gasteiger partial charge in [0.15, 0.2) is 0 Å². The third-order valence-electron chi connectivity index (χ3n) is 5.50. The van der Waals surface area contributed by atoms with Crippen LogP contribution in [0.3, 0.4) is 0 Å². The van der Waals surface area contributed by atoms with Crippen molar-refractivity contribution < 1.29 is 9.53 Å². The lowest BCUT2D eigenvalue weighted by Gasteiger charge is -2.27. The van der Waals surface area contributed by atoms with E-state index in [1.807, 2.05) is 17.9 Å². The van der Waals surface area contributed by atoms with Gasteiger partial charge in [-0.1, -0.05) is 12.8 Å². The average Bonchev–Trinajstić information content (AvgIpc) is 3.06. The molecule has 2 aliphatic rings. The highest BCUT2D eigenvalue weighted by molar-refractivity contribution is 5.74. The SMILES string of the molecule is COc1cnccc1C(C)NC(=O)N1CCCN(C2CCCC2)CC1. The van der Waals surface area contributed by atoms with Crippen LogP contribution in [0, 0.1) is 0 Å². The van der Waals surface area contributed by atoms with E-state index < -0.39 is 0 Å². The highest BCUT2D eigenvalue weighted by Gasteiger charge is 2.26. The van der Waals surface area contributed by atoms with Crippen molar-refractivity contribution in [3.05, 3.63) is 24.0 Å². The minimum Gasteiger partial charge on any atom is -0.495 e. The normalized spacial score (nSPS) is 21.0. The summed E-state index contributed by atoms with van der Waals surface area (Å²) in [6.07, 6.45) is 9.83. The maximum atomic E-state index is 12.7. The first kappa shape index (κ1) is 18.0. The van der Waals surface area contributed by atoms with Crippen LogP contribution >= 0.6 is 0 Å². The van der Waals surface area contributed by atoms with E-state index in [0.717, 1.165) is 44.2 Å². The van der Waals surface area contributed by atoms with Gasteiger partial charge in [-0.3, -0.25) is 9.88 Å². The number of aromatic nitrogens is 1. The van der Waals surface area contributed by atoms with Gasteiger partial charge in [0.25, 0.3) is 0 Å². The zero-order chi connectivity index (χ0) is 17.6. The Kier molecular flexibility index (Phi) is 6.13. The number of ether oxygens (including phenoxy) is 1. The summed E-state index contributed by atoms with van der Waals surface area (Å²) in [5.41, 5.74) is 0.952. The second kappa shape index (κ2) is 8.52. The van der Waals surface area contributed by atoms with Crippen LogP contribution in [-0.4, -0.2) is 60.1 Å². The van der Waals surface area contributed by atoms with Gasteiger partial charge < -0.3 is 15.0 Å². The van der Waals surface area contributed by atoms with Crippen molar-refractivity contribution in [2.45, 2.75) is 51.1 Å². The molecule has 0 aromatic carbocycles. The van der Waals surface area contributed by atoms with Crippen LogP contribution in [0.2, 0.25) is 0 Å². The van der Waals surface area contributed by atoms with Crippen LogP contribution < -0.4 is 10.1 Å². The fraction of sp³-hybridized carbons (Fsp3) is 0.684. The van der Waals surface area contributed by atoms with E-state index in [4.69, 9.17) is 4.74 Å². The number of carbonyl (C=O) groups excluding carboxylic acids is 1. The molecule has 1 unspecified atom stereocenters. The molecule has 1 atom stereocenters. The van der Waals surface area contributed by atoms with Crippen molar-refractivity contribution in [3.63, 3.8) is 0 Å². The summed E-state index contributed by atoms with van der Waals surface area (Å²) in [6.45, 7) is 5.73. The first-order chi connectivity index (χ1) is 12.2. The molecule has 1 aromatic heterocycles. The molecule has 0 radical (unpaired) electrons. The first-order valence-corrected chi connectivity index (χ1v) is 9.46. The summed E-state index contributed by atoms with van der Waals surface area (Å²) in [7, 11) is 1.63. The third-order valence-corrected chi connectivity index (χ3v) is 5.50. The summed E-state index contributed by atoms with van der Waals surface area (Å²) < 4.78 is 5.35. The van der Waals surface area contributed by atoms with E-state index in [9.17, 15) is 4.79 Å². The molecule has 1 N–H and O–H groups in total. The second-order valence-corrected chi connectivity index (χ2v) is 7.10. The largest absolute Gasteiger partial charge is 0.495 e.